The molecule has 0 spiro atoms. The number of nitrogens with zero attached hydrogens (tertiary/aromatic N) is 1. The van der Waals surface area contributed by atoms with E-state index in [1.807, 2.05) is 43.3 Å². The highest BCUT2D eigenvalue weighted by atomic mass is 35.5. The summed E-state index contributed by atoms with van der Waals surface area (Å²) in [4.78, 5) is 4.44. The van der Waals surface area contributed by atoms with Crippen LogP contribution in [0.3, 0.4) is 0 Å². The van der Waals surface area contributed by atoms with Crippen LogP contribution in [-0.4, -0.2) is 12.1 Å². The Bertz CT molecular complexity index is 558. The summed E-state index contributed by atoms with van der Waals surface area (Å²) in [5.74, 6) is 0.842. The minimum Gasteiger partial charge on any atom is -0.496 e. The van der Waals surface area contributed by atoms with Gasteiger partial charge in [-0.1, -0.05) is 17.7 Å². The summed E-state index contributed by atoms with van der Waals surface area (Å²) >= 11 is 5.99. The van der Waals surface area contributed by atoms with Gasteiger partial charge in [-0.15, -0.1) is 0 Å². The van der Waals surface area contributed by atoms with Gasteiger partial charge in [-0.3, -0.25) is 4.98 Å². The van der Waals surface area contributed by atoms with E-state index in [4.69, 9.17) is 16.3 Å². The summed E-state index contributed by atoms with van der Waals surface area (Å²) in [5, 5.41) is 4.06. The number of hydrogen-bond acceptors (Lipinski definition) is 3. The Kier molecular flexibility index (Phi) is 4.77. The van der Waals surface area contributed by atoms with E-state index in [2.05, 4.69) is 10.3 Å². The molecular weight excluding hydrogens is 260 g/mol. The van der Waals surface area contributed by atoms with Crippen molar-refractivity contribution in [2.24, 2.45) is 0 Å². The van der Waals surface area contributed by atoms with E-state index in [1.165, 1.54) is 0 Å². The summed E-state index contributed by atoms with van der Waals surface area (Å²) < 4.78 is 5.31. The Labute approximate surface area is 118 Å². The molecule has 2 rings (SSSR count). The zero-order valence-corrected chi connectivity index (χ0v) is 11.9. The van der Waals surface area contributed by atoms with Gasteiger partial charge < -0.3 is 10.1 Å². The molecule has 19 heavy (non-hydrogen) atoms. The predicted octanol–water partition coefficient (Wildman–Crippen LogP) is 3.34. The van der Waals surface area contributed by atoms with Crippen molar-refractivity contribution >= 4 is 11.6 Å². The van der Waals surface area contributed by atoms with Gasteiger partial charge in [0.1, 0.15) is 5.75 Å². The normalized spacial score (nSPS) is 10.5. The lowest BCUT2D eigenvalue weighted by Crippen LogP contribution is -2.14. The van der Waals surface area contributed by atoms with Crippen LogP contribution in [0.4, 0.5) is 0 Å². The second kappa shape index (κ2) is 6.55. The first-order chi connectivity index (χ1) is 9.19. The van der Waals surface area contributed by atoms with Crippen molar-refractivity contribution in [3.8, 4) is 5.75 Å². The van der Waals surface area contributed by atoms with E-state index < -0.39 is 0 Å². The van der Waals surface area contributed by atoms with Crippen LogP contribution in [0.2, 0.25) is 5.02 Å². The molecule has 0 aliphatic rings. The molecule has 4 heteroatoms. The maximum atomic E-state index is 5.99. The van der Waals surface area contributed by atoms with E-state index in [1.54, 1.807) is 7.11 Å². The molecule has 0 radical (unpaired) electrons. The number of rotatable bonds is 5. The Morgan fingerprint density at radius 1 is 1.21 bits per heavy atom. The fraction of sp³-hybridized carbons (Fsp3) is 0.267. The highest BCUT2D eigenvalue weighted by Crippen LogP contribution is 2.22. The molecule has 0 amide bonds. The number of ether oxygens (including phenoxy) is 1. The highest BCUT2D eigenvalue weighted by molar-refractivity contribution is 6.30. The second-order valence-corrected chi connectivity index (χ2v) is 4.77. The fourth-order valence-corrected chi connectivity index (χ4v) is 2.10. The van der Waals surface area contributed by atoms with E-state index in [0.717, 1.165) is 29.2 Å². The van der Waals surface area contributed by atoms with E-state index >= 15 is 0 Å². The monoisotopic (exact) mass is 276 g/mol. The van der Waals surface area contributed by atoms with Gasteiger partial charge in [0.05, 0.1) is 12.8 Å². The molecule has 1 aromatic carbocycles. The molecule has 0 bridgehead atoms. The van der Waals surface area contributed by atoms with Crippen LogP contribution in [0, 0.1) is 6.92 Å². The average Bonchev–Trinajstić information content (AvgIpc) is 2.39. The number of methoxy groups -OCH3 is 1. The van der Waals surface area contributed by atoms with Gasteiger partial charge in [0.15, 0.2) is 0 Å². The van der Waals surface area contributed by atoms with E-state index in [9.17, 15) is 0 Å². The third-order valence-electron chi connectivity index (χ3n) is 2.81. The first-order valence-corrected chi connectivity index (χ1v) is 6.52. The molecule has 0 unspecified atom stereocenters. The third kappa shape index (κ3) is 3.94. The number of benzene rings is 1. The minimum absolute atomic E-state index is 0.694. The maximum absolute atomic E-state index is 5.99. The van der Waals surface area contributed by atoms with Crippen LogP contribution in [0.25, 0.3) is 0 Å². The first kappa shape index (κ1) is 13.8. The number of aromatic nitrogens is 1. The molecule has 0 fully saturated rings. The van der Waals surface area contributed by atoms with Gasteiger partial charge in [-0.2, -0.15) is 0 Å². The molecule has 100 valence electrons. The highest BCUT2D eigenvalue weighted by Gasteiger charge is 2.03. The zero-order chi connectivity index (χ0) is 13.7. The molecule has 2 aromatic rings. The number of hydrogen-bond donors (Lipinski definition) is 1. The lowest BCUT2D eigenvalue weighted by molar-refractivity contribution is 0.407. The third-order valence-corrected chi connectivity index (χ3v) is 3.05. The molecule has 3 nitrogen and oxygen atoms in total. The van der Waals surface area contributed by atoms with Crippen molar-refractivity contribution in [2.75, 3.05) is 7.11 Å². The molecule has 1 aromatic heterocycles. The van der Waals surface area contributed by atoms with Crippen molar-refractivity contribution < 1.29 is 4.74 Å². The maximum Gasteiger partial charge on any atom is 0.123 e. The lowest BCUT2D eigenvalue weighted by atomic mass is 10.2. The number of nitrogens with one attached hydrogen (secondary N) is 1. The molecule has 0 aliphatic heterocycles. The molecule has 1 N–H and O–H groups in total. The number of pyridine rings is 1. The Hall–Kier alpha value is -1.58. The standard InChI is InChI=1S/C15H17ClN2O/c1-11-4-3-5-14(18-11)10-17-9-12-8-13(16)6-7-15(12)19-2/h3-8,17H,9-10H2,1-2H3. The van der Waals surface area contributed by atoms with Crippen molar-refractivity contribution in [1.29, 1.82) is 0 Å². The van der Waals surface area contributed by atoms with Crippen LogP contribution < -0.4 is 10.1 Å². The summed E-state index contributed by atoms with van der Waals surface area (Å²) in [7, 11) is 1.66. The van der Waals surface area contributed by atoms with Gasteiger partial charge in [0.2, 0.25) is 0 Å². The average molecular weight is 277 g/mol. The minimum atomic E-state index is 0.694. The molecule has 0 saturated heterocycles. The summed E-state index contributed by atoms with van der Waals surface area (Å²) in [5.41, 5.74) is 3.10. The first-order valence-electron chi connectivity index (χ1n) is 6.14. The molecular formula is C15H17ClN2O. The Morgan fingerprint density at radius 2 is 2.05 bits per heavy atom. The summed E-state index contributed by atoms with van der Waals surface area (Å²) in [6.07, 6.45) is 0. The van der Waals surface area contributed by atoms with Gasteiger partial charge in [-0.25, -0.2) is 0 Å². The second-order valence-electron chi connectivity index (χ2n) is 4.33. The quantitative estimate of drug-likeness (QED) is 0.909. The predicted molar refractivity (Wildman–Crippen MR) is 77.5 cm³/mol. The Balaban J connectivity index is 1.97. The van der Waals surface area contributed by atoms with E-state index in [-0.39, 0.29) is 0 Å². The van der Waals surface area contributed by atoms with Gasteiger partial charge in [0.25, 0.3) is 0 Å². The lowest BCUT2D eigenvalue weighted by Gasteiger charge is -2.10. The van der Waals surface area contributed by atoms with Crippen molar-refractivity contribution in [1.82, 2.24) is 10.3 Å². The molecule has 0 aliphatic carbocycles. The van der Waals surface area contributed by atoms with Crippen LogP contribution in [0.1, 0.15) is 17.0 Å². The van der Waals surface area contributed by atoms with Gasteiger partial charge >= 0.3 is 0 Å². The van der Waals surface area contributed by atoms with E-state index in [0.29, 0.717) is 11.6 Å². The number of aryl methyl sites for hydroxylation is 1. The molecule has 0 saturated carbocycles. The number of halogens is 1. The van der Waals surface area contributed by atoms with Gasteiger partial charge in [-0.05, 0) is 37.3 Å². The van der Waals surface area contributed by atoms with Crippen molar-refractivity contribution in [3.05, 3.63) is 58.4 Å². The molecule has 1 heterocycles. The van der Waals surface area contributed by atoms with Crippen LogP contribution in [-0.2, 0) is 13.1 Å². The Morgan fingerprint density at radius 3 is 2.79 bits per heavy atom. The van der Waals surface area contributed by atoms with Crippen molar-refractivity contribution in [2.45, 2.75) is 20.0 Å². The van der Waals surface area contributed by atoms with Crippen LogP contribution in [0.5, 0.6) is 5.75 Å². The summed E-state index contributed by atoms with van der Waals surface area (Å²) in [6.45, 7) is 3.40. The topological polar surface area (TPSA) is 34.1 Å². The summed E-state index contributed by atoms with van der Waals surface area (Å²) in [6, 6.07) is 11.6. The fourth-order valence-electron chi connectivity index (χ4n) is 1.91. The molecule has 0 atom stereocenters. The van der Waals surface area contributed by atoms with Crippen LogP contribution >= 0.6 is 11.6 Å². The SMILES string of the molecule is COc1ccc(Cl)cc1CNCc1cccc(C)n1. The van der Waals surface area contributed by atoms with Gasteiger partial charge in [0, 0.05) is 29.4 Å². The largest absolute Gasteiger partial charge is 0.496 e. The smallest absolute Gasteiger partial charge is 0.123 e. The van der Waals surface area contributed by atoms with Crippen molar-refractivity contribution in [3.63, 3.8) is 0 Å². The van der Waals surface area contributed by atoms with Crippen LogP contribution in [0.15, 0.2) is 36.4 Å². The zero-order valence-electron chi connectivity index (χ0n) is 11.1.